The summed E-state index contributed by atoms with van der Waals surface area (Å²) in [6.45, 7) is 1.20. The van der Waals surface area contributed by atoms with Crippen molar-refractivity contribution in [1.82, 2.24) is 19.9 Å². The van der Waals surface area contributed by atoms with Crippen LogP contribution in [0, 0.1) is 0 Å². The molecule has 2 aromatic rings. The van der Waals surface area contributed by atoms with E-state index < -0.39 is 0 Å². The minimum Gasteiger partial charge on any atom is -0.493 e. The lowest BCUT2D eigenvalue weighted by Gasteiger charge is -2.20. The molecule has 1 aromatic carbocycles. The number of ether oxygens (including phenoxy) is 3. The van der Waals surface area contributed by atoms with Gasteiger partial charge in [0.25, 0.3) is 5.91 Å². The normalized spacial score (nSPS) is 17.0. The van der Waals surface area contributed by atoms with Crippen LogP contribution in [-0.4, -0.2) is 60.2 Å². The van der Waals surface area contributed by atoms with E-state index in [1.165, 1.54) is 14.2 Å². The Morgan fingerprint density at radius 1 is 1.08 bits per heavy atom. The summed E-state index contributed by atoms with van der Waals surface area (Å²) < 4.78 is 16.0. The van der Waals surface area contributed by atoms with Gasteiger partial charge in [-0.25, -0.2) is 0 Å². The van der Waals surface area contributed by atoms with E-state index in [2.05, 4.69) is 10.2 Å². The molecule has 1 aliphatic heterocycles. The predicted octanol–water partition coefficient (Wildman–Crippen LogP) is 1.39. The third kappa shape index (κ3) is 2.75. The van der Waals surface area contributed by atoms with Crippen molar-refractivity contribution in [2.45, 2.75) is 12.5 Å². The number of hydrogen-bond acceptors (Lipinski definition) is 6. The Labute approximate surface area is 139 Å². The Bertz CT molecular complexity index is 717. The van der Waals surface area contributed by atoms with Gasteiger partial charge in [-0.3, -0.25) is 4.79 Å². The monoisotopic (exact) mass is 332 g/mol. The van der Waals surface area contributed by atoms with Crippen LogP contribution in [0.15, 0.2) is 24.5 Å². The van der Waals surface area contributed by atoms with Crippen molar-refractivity contribution >= 4 is 5.91 Å². The molecule has 0 N–H and O–H groups in total. The van der Waals surface area contributed by atoms with Gasteiger partial charge in [0.15, 0.2) is 11.5 Å². The van der Waals surface area contributed by atoms with Crippen molar-refractivity contribution in [2.24, 2.45) is 0 Å². The molecule has 8 nitrogen and oxygen atoms in total. The average Bonchev–Trinajstić information content (AvgIpc) is 3.30. The summed E-state index contributed by atoms with van der Waals surface area (Å²) in [6.07, 6.45) is 4.10. The van der Waals surface area contributed by atoms with Crippen molar-refractivity contribution in [3.05, 3.63) is 30.1 Å². The number of aromatic nitrogens is 3. The van der Waals surface area contributed by atoms with E-state index in [9.17, 15) is 4.79 Å². The summed E-state index contributed by atoms with van der Waals surface area (Å²) in [4.78, 5) is 16.3. The van der Waals surface area contributed by atoms with Crippen molar-refractivity contribution in [2.75, 3.05) is 34.4 Å². The second-order valence-electron chi connectivity index (χ2n) is 5.43. The molecule has 1 saturated heterocycles. The topological polar surface area (TPSA) is 78.7 Å². The van der Waals surface area contributed by atoms with Crippen LogP contribution in [0.25, 0.3) is 0 Å². The molecule has 128 valence electrons. The lowest BCUT2D eigenvalue weighted by Crippen LogP contribution is -2.29. The smallest absolute Gasteiger partial charge is 0.257 e. The number of carbonyl (C=O) groups excluding carboxylic acids is 1. The highest BCUT2D eigenvalue weighted by molar-refractivity contribution is 5.98. The van der Waals surface area contributed by atoms with Gasteiger partial charge in [0.2, 0.25) is 5.75 Å². The first-order chi connectivity index (χ1) is 11.7. The Kier molecular flexibility index (Phi) is 4.54. The summed E-state index contributed by atoms with van der Waals surface area (Å²) in [5.74, 6) is 1.20. The van der Waals surface area contributed by atoms with Crippen LogP contribution in [0.4, 0.5) is 0 Å². The van der Waals surface area contributed by atoms with Gasteiger partial charge < -0.3 is 19.1 Å². The van der Waals surface area contributed by atoms with E-state index in [4.69, 9.17) is 14.2 Å². The number of rotatable bonds is 5. The van der Waals surface area contributed by atoms with Gasteiger partial charge >= 0.3 is 0 Å². The third-order valence-corrected chi connectivity index (χ3v) is 4.15. The van der Waals surface area contributed by atoms with E-state index in [0.717, 1.165) is 6.42 Å². The maximum Gasteiger partial charge on any atom is 0.257 e. The van der Waals surface area contributed by atoms with Crippen LogP contribution in [0.3, 0.4) is 0 Å². The number of likely N-dealkylation sites (tertiary alicyclic amines) is 1. The molecular formula is C16H20N4O4. The highest BCUT2D eigenvalue weighted by Crippen LogP contribution is 2.40. The minimum atomic E-state index is -0.109. The molecule has 0 spiro atoms. The van der Waals surface area contributed by atoms with E-state index in [0.29, 0.717) is 35.9 Å². The van der Waals surface area contributed by atoms with Crippen LogP contribution in [0.2, 0.25) is 0 Å². The fraction of sp³-hybridized carbons (Fsp3) is 0.438. The summed E-state index contributed by atoms with van der Waals surface area (Å²) in [5, 5.41) is 8.31. The molecule has 1 amide bonds. The van der Waals surface area contributed by atoms with Crippen molar-refractivity contribution in [1.29, 1.82) is 0 Å². The first kappa shape index (κ1) is 16.1. The van der Waals surface area contributed by atoms with Gasteiger partial charge in [0, 0.05) is 13.1 Å². The van der Waals surface area contributed by atoms with Crippen LogP contribution in [-0.2, 0) is 0 Å². The molecule has 0 aliphatic carbocycles. The molecule has 1 aromatic heterocycles. The molecule has 8 heteroatoms. The molecule has 1 unspecified atom stereocenters. The molecule has 3 rings (SSSR count). The van der Waals surface area contributed by atoms with Gasteiger partial charge in [-0.2, -0.15) is 15.0 Å². The zero-order valence-electron chi connectivity index (χ0n) is 13.9. The molecule has 24 heavy (non-hydrogen) atoms. The fourth-order valence-corrected chi connectivity index (χ4v) is 2.97. The van der Waals surface area contributed by atoms with Gasteiger partial charge in [-0.05, 0) is 18.6 Å². The summed E-state index contributed by atoms with van der Waals surface area (Å²) in [7, 11) is 4.57. The Morgan fingerprint density at radius 3 is 2.42 bits per heavy atom. The van der Waals surface area contributed by atoms with Crippen LogP contribution < -0.4 is 14.2 Å². The largest absolute Gasteiger partial charge is 0.493 e. The lowest BCUT2D eigenvalue weighted by atomic mass is 10.1. The van der Waals surface area contributed by atoms with Crippen molar-refractivity contribution in [3.8, 4) is 17.2 Å². The molecule has 2 heterocycles. The highest BCUT2D eigenvalue weighted by Gasteiger charge is 2.31. The van der Waals surface area contributed by atoms with Crippen LogP contribution >= 0.6 is 0 Å². The van der Waals surface area contributed by atoms with Crippen LogP contribution in [0.5, 0.6) is 17.2 Å². The fourth-order valence-electron chi connectivity index (χ4n) is 2.97. The maximum atomic E-state index is 12.9. The number of carbonyl (C=O) groups is 1. The quantitative estimate of drug-likeness (QED) is 0.823. The maximum absolute atomic E-state index is 12.9. The zero-order valence-corrected chi connectivity index (χ0v) is 13.9. The van der Waals surface area contributed by atoms with Gasteiger partial charge in [-0.1, -0.05) is 0 Å². The Morgan fingerprint density at radius 2 is 1.79 bits per heavy atom. The number of methoxy groups -OCH3 is 3. The molecule has 0 radical (unpaired) electrons. The SMILES string of the molecule is COc1ccc(C(=O)N2CCC(n3nccn3)C2)c(OC)c1OC. The molecular weight excluding hydrogens is 312 g/mol. The summed E-state index contributed by atoms with van der Waals surface area (Å²) in [5.41, 5.74) is 0.448. The van der Waals surface area contributed by atoms with E-state index >= 15 is 0 Å². The van der Waals surface area contributed by atoms with E-state index in [1.807, 2.05) is 0 Å². The average molecular weight is 332 g/mol. The zero-order chi connectivity index (χ0) is 17.1. The van der Waals surface area contributed by atoms with Gasteiger partial charge in [0.05, 0.1) is 45.3 Å². The van der Waals surface area contributed by atoms with Gasteiger partial charge in [-0.15, -0.1) is 0 Å². The van der Waals surface area contributed by atoms with E-state index in [1.54, 1.807) is 41.3 Å². The number of benzene rings is 1. The highest BCUT2D eigenvalue weighted by atomic mass is 16.5. The van der Waals surface area contributed by atoms with Gasteiger partial charge in [0.1, 0.15) is 0 Å². The summed E-state index contributed by atoms with van der Waals surface area (Å²) >= 11 is 0. The van der Waals surface area contributed by atoms with Crippen molar-refractivity contribution in [3.63, 3.8) is 0 Å². The second-order valence-corrected chi connectivity index (χ2v) is 5.43. The summed E-state index contributed by atoms with van der Waals surface area (Å²) in [6, 6.07) is 3.49. The molecule has 0 bridgehead atoms. The van der Waals surface area contributed by atoms with Crippen LogP contribution in [0.1, 0.15) is 22.8 Å². The minimum absolute atomic E-state index is 0.0927. The Hall–Kier alpha value is -2.77. The molecule has 0 saturated carbocycles. The molecule has 1 aliphatic rings. The number of amides is 1. The number of hydrogen-bond donors (Lipinski definition) is 0. The number of nitrogens with zero attached hydrogens (tertiary/aromatic N) is 4. The van der Waals surface area contributed by atoms with Crippen molar-refractivity contribution < 1.29 is 19.0 Å². The first-order valence-electron chi connectivity index (χ1n) is 7.63. The molecule has 1 atom stereocenters. The lowest BCUT2D eigenvalue weighted by molar-refractivity contribution is 0.0782. The predicted molar refractivity (Wildman–Crippen MR) is 85.7 cm³/mol. The van der Waals surface area contributed by atoms with E-state index in [-0.39, 0.29) is 11.9 Å². The first-order valence-corrected chi connectivity index (χ1v) is 7.63. The second kappa shape index (κ2) is 6.77. The molecule has 1 fully saturated rings. The standard InChI is InChI=1S/C16H20N4O4/c1-22-13-5-4-12(14(23-2)15(13)24-3)16(21)19-9-6-11(10-19)20-17-7-8-18-20/h4-5,7-8,11H,6,9-10H2,1-3H3. The third-order valence-electron chi connectivity index (χ3n) is 4.15. The Balaban J connectivity index is 1.85.